The lowest BCUT2D eigenvalue weighted by molar-refractivity contribution is 0.107. The Labute approximate surface area is 288 Å². The number of nitrogens with zero attached hydrogens (tertiary/aromatic N) is 6. The average molecular weight is 685 g/mol. The fraction of sp³-hybridized carbons (Fsp3) is 0.500. The van der Waals surface area contributed by atoms with Gasteiger partial charge < -0.3 is 19.5 Å². The maximum atomic E-state index is 17.2. The van der Waals surface area contributed by atoms with E-state index in [4.69, 9.17) is 25.9 Å². The van der Waals surface area contributed by atoms with E-state index >= 15 is 4.39 Å². The fourth-order valence-electron chi connectivity index (χ4n) is 9.46. The van der Waals surface area contributed by atoms with E-state index in [1.54, 1.807) is 24.3 Å². The summed E-state index contributed by atoms with van der Waals surface area (Å²) in [5.74, 6) is 2.81. The summed E-state index contributed by atoms with van der Waals surface area (Å²) in [6.45, 7) is 3.40. The number of phenolic OH excluding ortho intramolecular Hbond substituents is 1. The topological polar surface area (TPSA) is 87.1 Å². The minimum atomic E-state index is -0.925. The van der Waals surface area contributed by atoms with Gasteiger partial charge in [-0.3, -0.25) is 14.2 Å². The highest BCUT2D eigenvalue weighted by molar-refractivity contribution is 6.04. The van der Waals surface area contributed by atoms with Crippen molar-refractivity contribution in [3.63, 3.8) is 0 Å². The van der Waals surface area contributed by atoms with Gasteiger partial charge in [0.05, 0.1) is 18.3 Å². The monoisotopic (exact) mass is 684 g/mol. The van der Waals surface area contributed by atoms with Crippen LogP contribution in [-0.4, -0.2) is 106 Å². The Morgan fingerprint density at radius 2 is 2.02 bits per heavy atom. The predicted octanol–water partition coefficient (Wildman–Crippen LogP) is 5.65. The molecular formula is C38H39F3N6O3. The molecule has 6 aliphatic rings. The number of hydrogen-bond acceptors (Lipinski definition) is 9. The number of aromatic hydroxyl groups is 1. The van der Waals surface area contributed by atoms with Crippen LogP contribution in [-0.2, 0) is 0 Å². The van der Waals surface area contributed by atoms with Crippen molar-refractivity contribution in [1.29, 1.82) is 0 Å². The molecule has 2 aromatic carbocycles. The molecule has 6 aliphatic heterocycles. The minimum absolute atomic E-state index is 0.00893. The molecule has 9 nitrogen and oxygen atoms in total. The van der Waals surface area contributed by atoms with E-state index in [0.29, 0.717) is 72.2 Å². The summed E-state index contributed by atoms with van der Waals surface area (Å²) in [4.78, 5) is 21.2. The van der Waals surface area contributed by atoms with E-state index in [2.05, 4.69) is 25.6 Å². The lowest BCUT2D eigenvalue weighted by atomic mass is 9.90. The van der Waals surface area contributed by atoms with Gasteiger partial charge in [0.25, 0.3) is 0 Å². The van der Waals surface area contributed by atoms with Crippen LogP contribution in [0.3, 0.4) is 0 Å². The molecule has 260 valence electrons. The number of halogens is 3. The zero-order valence-electron chi connectivity index (χ0n) is 27.8. The predicted molar refractivity (Wildman–Crippen MR) is 184 cm³/mol. The van der Waals surface area contributed by atoms with E-state index in [9.17, 15) is 13.9 Å². The molecule has 8 heterocycles. The fourth-order valence-corrected chi connectivity index (χ4v) is 9.46. The molecule has 0 aliphatic carbocycles. The van der Waals surface area contributed by atoms with Crippen LogP contribution in [0.5, 0.6) is 17.6 Å². The number of hydrogen-bond donors (Lipinski definition) is 1. The van der Waals surface area contributed by atoms with Gasteiger partial charge in [-0.25, -0.2) is 13.8 Å². The first kappa shape index (κ1) is 31.6. The molecular weight excluding hydrogens is 645 g/mol. The van der Waals surface area contributed by atoms with Crippen LogP contribution in [0.15, 0.2) is 30.3 Å². The Kier molecular flexibility index (Phi) is 7.69. The van der Waals surface area contributed by atoms with Crippen molar-refractivity contribution in [2.75, 3.05) is 57.5 Å². The first-order valence-electron chi connectivity index (χ1n) is 17.7. The first-order chi connectivity index (χ1) is 24.4. The molecule has 5 saturated heterocycles. The first-order valence-corrected chi connectivity index (χ1v) is 17.7. The van der Waals surface area contributed by atoms with E-state index in [0.717, 1.165) is 38.8 Å². The van der Waals surface area contributed by atoms with Crippen LogP contribution in [0.1, 0.15) is 44.1 Å². The molecule has 12 heteroatoms. The van der Waals surface area contributed by atoms with Crippen molar-refractivity contribution >= 4 is 27.5 Å². The SMILES string of the molecule is C#Cc1cccc2cc(O)cc(-c3nc4c5c(nc(OC[C@@]67CCCN6C[C@H](F)C7)nc5c3F)N3C[C@@H]5CC[C@H](CN5CCCF)[C@H]3CO4)c12. The number of aromatic nitrogens is 3. The van der Waals surface area contributed by atoms with Gasteiger partial charge in [-0.2, -0.15) is 9.97 Å². The quantitative estimate of drug-likeness (QED) is 0.249. The van der Waals surface area contributed by atoms with E-state index in [1.807, 2.05) is 0 Å². The smallest absolute Gasteiger partial charge is 0.319 e. The van der Waals surface area contributed by atoms with Crippen LogP contribution < -0.4 is 14.4 Å². The number of terminal acetylenes is 1. The van der Waals surface area contributed by atoms with Crippen molar-refractivity contribution in [2.45, 2.75) is 62.3 Å². The lowest BCUT2D eigenvalue weighted by Gasteiger charge is -2.36. The molecule has 0 saturated carbocycles. The molecule has 50 heavy (non-hydrogen) atoms. The van der Waals surface area contributed by atoms with Crippen LogP contribution in [0, 0.1) is 24.1 Å². The minimum Gasteiger partial charge on any atom is -0.508 e. The van der Waals surface area contributed by atoms with Crippen molar-refractivity contribution < 1.29 is 27.8 Å². The second-order valence-electron chi connectivity index (χ2n) is 14.6. The molecule has 0 amide bonds. The largest absolute Gasteiger partial charge is 0.508 e. The average Bonchev–Trinajstić information content (AvgIpc) is 3.46. The summed E-state index contributed by atoms with van der Waals surface area (Å²) in [5, 5.41) is 12.3. The summed E-state index contributed by atoms with van der Waals surface area (Å²) in [5.41, 5.74) is 0.330. The van der Waals surface area contributed by atoms with Gasteiger partial charge in [0.2, 0.25) is 5.88 Å². The molecule has 0 unspecified atom stereocenters. The second-order valence-corrected chi connectivity index (χ2v) is 14.6. The third-order valence-corrected chi connectivity index (χ3v) is 11.8. The number of ether oxygens (including phenoxy) is 2. The molecule has 0 spiro atoms. The number of benzene rings is 2. The second kappa shape index (κ2) is 12.2. The maximum Gasteiger partial charge on any atom is 0.319 e. The van der Waals surface area contributed by atoms with Crippen LogP contribution in [0.4, 0.5) is 19.0 Å². The summed E-state index contributed by atoms with van der Waals surface area (Å²) < 4.78 is 58.0. The molecule has 5 fully saturated rings. The number of alkyl halides is 2. The zero-order valence-corrected chi connectivity index (χ0v) is 27.8. The summed E-state index contributed by atoms with van der Waals surface area (Å²) in [7, 11) is 0. The van der Waals surface area contributed by atoms with Gasteiger partial charge in [0, 0.05) is 55.2 Å². The van der Waals surface area contributed by atoms with Crippen LogP contribution in [0.25, 0.3) is 32.9 Å². The highest BCUT2D eigenvalue weighted by Gasteiger charge is 2.50. The normalized spacial score (nSPS) is 27.5. The molecule has 5 atom stereocenters. The maximum absolute atomic E-state index is 17.2. The van der Waals surface area contributed by atoms with Gasteiger partial charge in [0.15, 0.2) is 5.82 Å². The summed E-state index contributed by atoms with van der Waals surface area (Å²) >= 11 is 0. The molecule has 1 N–H and O–H groups in total. The third-order valence-electron chi connectivity index (χ3n) is 11.8. The molecule has 0 radical (unpaired) electrons. The Morgan fingerprint density at radius 3 is 2.88 bits per heavy atom. The highest BCUT2D eigenvalue weighted by atomic mass is 19.1. The Balaban J connectivity index is 1.22. The van der Waals surface area contributed by atoms with Crippen molar-refractivity contribution in [3.05, 3.63) is 41.7 Å². The van der Waals surface area contributed by atoms with Crippen molar-refractivity contribution in [1.82, 2.24) is 24.8 Å². The van der Waals surface area contributed by atoms with E-state index in [1.165, 1.54) is 6.07 Å². The van der Waals surface area contributed by atoms with Crippen LogP contribution in [0.2, 0.25) is 0 Å². The lowest BCUT2D eigenvalue weighted by Crippen LogP contribution is -2.45. The zero-order chi connectivity index (χ0) is 34.1. The summed E-state index contributed by atoms with van der Waals surface area (Å²) in [6, 6.07) is 8.49. The summed E-state index contributed by atoms with van der Waals surface area (Å²) in [6.07, 6.45) is 9.53. The number of pyridine rings is 1. The molecule has 2 aromatic heterocycles. The molecule has 4 aromatic rings. The highest BCUT2D eigenvalue weighted by Crippen LogP contribution is 2.46. The number of rotatable bonds is 7. The Hall–Kier alpha value is -4.34. The van der Waals surface area contributed by atoms with E-state index < -0.39 is 17.5 Å². The number of fused-ring (bicyclic) bond motifs is 4. The number of phenols is 1. The van der Waals surface area contributed by atoms with Crippen molar-refractivity contribution in [2.24, 2.45) is 5.92 Å². The van der Waals surface area contributed by atoms with Gasteiger partial charge >= 0.3 is 6.01 Å². The van der Waals surface area contributed by atoms with Crippen LogP contribution >= 0.6 is 0 Å². The molecule has 2 bridgehead atoms. The standard InChI is InChI=1S/C38H39F3N6O3/c1-2-22-6-3-7-23-14-27(48)15-28(30(22)23)33-32(41)34-31-35(44-37(43-34)50-21-38-10-4-13-46(38)18-25(40)16-38)47-19-26-9-8-24(17-45(26)12-5-11-39)29(47)20-49-36(31)42-33/h1,3,6-7,14-15,24-26,29,48H,4-5,8-13,16-21H2/t24-,25-,26+,29-,38+/m1/s1. The van der Waals surface area contributed by atoms with Gasteiger partial charge in [-0.15, -0.1) is 6.42 Å². The van der Waals surface area contributed by atoms with Gasteiger partial charge in [0.1, 0.15) is 47.5 Å². The third kappa shape index (κ3) is 5.03. The molecule has 10 rings (SSSR count). The van der Waals surface area contributed by atoms with Gasteiger partial charge in [-0.05, 0) is 68.2 Å². The number of anilines is 1. The van der Waals surface area contributed by atoms with E-state index in [-0.39, 0.29) is 60.1 Å². The Morgan fingerprint density at radius 1 is 1.12 bits per heavy atom. The van der Waals surface area contributed by atoms with Crippen molar-refractivity contribution in [3.8, 4) is 41.2 Å². The Bertz CT molecular complexity index is 2040. The number of piperidine rings is 1. The van der Waals surface area contributed by atoms with Gasteiger partial charge in [-0.1, -0.05) is 18.1 Å².